The second kappa shape index (κ2) is 6.12. The molecule has 0 radical (unpaired) electrons. The second-order valence-electron chi connectivity index (χ2n) is 8.87. The zero-order valence-corrected chi connectivity index (χ0v) is 16.5. The molecule has 1 aliphatic carbocycles. The molecule has 0 aliphatic heterocycles. The van der Waals surface area contributed by atoms with E-state index in [0.29, 0.717) is 0 Å². The summed E-state index contributed by atoms with van der Waals surface area (Å²) in [7, 11) is 0. The van der Waals surface area contributed by atoms with Crippen LogP contribution < -0.4 is 0 Å². The van der Waals surface area contributed by atoms with Gasteiger partial charge in [0.1, 0.15) is 0 Å². The van der Waals surface area contributed by atoms with Gasteiger partial charge < -0.3 is 0 Å². The van der Waals surface area contributed by atoms with Crippen molar-refractivity contribution in [2.24, 2.45) is 0 Å². The van der Waals surface area contributed by atoms with E-state index in [-0.39, 0.29) is 16.6 Å². The maximum Gasteiger partial charge on any atom is 0.193 e. The number of fused-ring (bicyclic) bond motifs is 1. The largest absolute Gasteiger partial charge is 0.289 e. The van der Waals surface area contributed by atoms with Crippen LogP contribution in [0.1, 0.15) is 85.6 Å². The van der Waals surface area contributed by atoms with E-state index < -0.39 is 0 Å². The Morgan fingerprint density at radius 1 is 0.920 bits per heavy atom. The van der Waals surface area contributed by atoms with Gasteiger partial charge in [0.25, 0.3) is 0 Å². The van der Waals surface area contributed by atoms with Crippen molar-refractivity contribution in [2.45, 2.75) is 71.6 Å². The molecule has 0 spiro atoms. The predicted molar refractivity (Wildman–Crippen MR) is 106 cm³/mol. The molecule has 3 rings (SSSR count). The Hall–Kier alpha value is -1.89. The van der Waals surface area contributed by atoms with Gasteiger partial charge in [-0.1, -0.05) is 70.5 Å². The van der Waals surface area contributed by atoms with Crippen molar-refractivity contribution in [1.82, 2.24) is 0 Å². The fourth-order valence-electron chi connectivity index (χ4n) is 4.02. The average molecular weight is 335 g/mol. The molecule has 0 fully saturated rings. The predicted octanol–water partition coefficient (Wildman–Crippen LogP) is 6.14. The molecule has 0 aromatic heterocycles. The topological polar surface area (TPSA) is 17.1 Å². The highest BCUT2D eigenvalue weighted by molar-refractivity contribution is 6.10. The minimum atomic E-state index is 0.124. The summed E-state index contributed by atoms with van der Waals surface area (Å²) in [4.78, 5) is 13.2. The first-order valence-electron chi connectivity index (χ1n) is 9.45. The molecule has 2 aromatic rings. The molecule has 0 saturated carbocycles. The lowest BCUT2D eigenvalue weighted by atomic mass is 9.62. The van der Waals surface area contributed by atoms with E-state index in [4.69, 9.17) is 0 Å². The Morgan fingerprint density at radius 2 is 1.44 bits per heavy atom. The van der Waals surface area contributed by atoms with Gasteiger partial charge in [-0.25, -0.2) is 0 Å². The lowest BCUT2D eigenvalue weighted by Crippen LogP contribution is -2.34. The van der Waals surface area contributed by atoms with Crippen LogP contribution in [-0.2, 0) is 17.3 Å². The maximum absolute atomic E-state index is 13.2. The highest BCUT2D eigenvalue weighted by Crippen LogP contribution is 2.46. The molecule has 1 aliphatic rings. The van der Waals surface area contributed by atoms with Crippen LogP contribution in [0, 0.1) is 6.92 Å². The average Bonchev–Trinajstić information content (AvgIpc) is 2.58. The summed E-state index contributed by atoms with van der Waals surface area (Å²) < 4.78 is 0. The molecule has 25 heavy (non-hydrogen) atoms. The minimum Gasteiger partial charge on any atom is -0.289 e. The van der Waals surface area contributed by atoms with Crippen molar-refractivity contribution in [3.8, 4) is 0 Å². The number of benzene rings is 2. The van der Waals surface area contributed by atoms with Crippen LogP contribution in [0.5, 0.6) is 0 Å². The van der Waals surface area contributed by atoms with Crippen LogP contribution in [0.15, 0.2) is 36.4 Å². The van der Waals surface area contributed by atoms with Crippen LogP contribution in [0.4, 0.5) is 0 Å². The Labute approximate surface area is 152 Å². The zero-order valence-electron chi connectivity index (χ0n) is 16.5. The van der Waals surface area contributed by atoms with E-state index in [0.717, 1.165) is 24.0 Å². The van der Waals surface area contributed by atoms with E-state index >= 15 is 0 Å². The molecular weight excluding hydrogens is 304 g/mol. The summed E-state index contributed by atoms with van der Waals surface area (Å²) in [6.07, 6.45) is 3.24. The van der Waals surface area contributed by atoms with Gasteiger partial charge in [-0.3, -0.25) is 4.79 Å². The van der Waals surface area contributed by atoms with Gasteiger partial charge in [0.15, 0.2) is 5.78 Å². The van der Waals surface area contributed by atoms with Crippen molar-refractivity contribution in [2.75, 3.05) is 0 Å². The van der Waals surface area contributed by atoms with Crippen LogP contribution in [0.25, 0.3) is 0 Å². The van der Waals surface area contributed by atoms with Gasteiger partial charge in [-0.2, -0.15) is 0 Å². The molecule has 0 heterocycles. The third kappa shape index (κ3) is 3.17. The summed E-state index contributed by atoms with van der Waals surface area (Å²) in [5.41, 5.74) is 7.12. The number of carbonyl (C=O) groups excluding carboxylic acids is 1. The first-order chi connectivity index (χ1) is 11.7. The molecule has 2 aromatic carbocycles. The molecular formula is C24H30O. The smallest absolute Gasteiger partial charge is 0.193 e. The summed E-state index contributed by atoms with van der Waals surface area (Å²) in [5, 5.41) is 0. The van der Waals surface area contributed by atoms with Crippen molar-refractivity contribution in [3.05, 3.63) is 69.8 Å². The summed E-state index contributed by atoms with van der Waals surface area (Å²) >= 11 is 0. The molecule has 1 nitrogen and oxygen atoms in total. The fraction of sp³-hybridized carbons (Fsp3) is 0.458. The van der Waals surface area contributed by atoms with Crippen LogP contribution in [0.2, 0.25) is 0 Å². The van der Waals surface area contributed by atoms with Gasteiger partial charge in [-0.05, 0) is 59.8 Å². The first-order valence-corrected chi connectivity index (χ1v) is 9.45. The summed E-state index contributed by atoms with van der Waals surface area (Å²) in [6, 6.07) is 12.5. The summed E-state index contributed by atoms with van der Waals surface area (Å²) in [6.45, 7) is 13.5. The monoisotopic (exact) mass is 334 g/mol. The van der Waals surface area contributed by atoms with Gasteiger partial charge in [-0.15, -0.1) is 0 Å². The number of aryl methyl sites for hydroxylation is 2. The molecule has 0 amide bonds. The Balaban J connectivity index is 2.18. The maximum atomic E-state index is 13.2. The number of ketones is 1. The first kappa shape index (κ1) is 17.9. The highest BCUT2D eigenvalue weighted by atomic mass is 16.1. The Kier molecular flexibility index (Phi) is 4.39. The zero-order chi connectivity index (χ0) is 18.4. The van der Waals surface area contributed by atoms with E-state index in [1.165, 1.54) is 28.7 Å². The van der Waals surface area contributed by atoms with Crippen LogP contribution in [0.3, 0.4) is 0 Å². The van der Waals surface area contributed by atoms with E-state index in [2.05, 4.69) is 53.7 Å². The van der Waals surface area contributed by atoms with E-state index in [1.54, 1.807) is 0 Å². The molecule has 0 N–H and O–H groups in total. The molecule has 0 atom stereocenters. The Morgan fingerprint density at radius 3 is 1.96 bits per heavy atom. The van der Waals surface area contributed by atoms with Crippen molar-refractivity contribution in [3.63, 3.8) is 0 Å². The minimum absolute atomic E-state index is 0.124. The van der Waals surface area contributed by atoms with Crippen molar-refractivity contribution in [1.29, 1.82) is 0 Å². The van der Waals surface area contributed by atoms with Gasteiger partial charge in [0.05, 0.1) is 0 Å². The van der Waals surface area contributed by atoms with E-state index in [1.807, 2.05) is 24.3 Å². The van der Waals surface area contributed by atoms with Crippen molar-refractivity contribution < 1.29 is 4.79 Å². The highest BCUT2D eigenvalue weighted by Gasteiger charge is 2.38. The van der Waals surface area contributed by atoms with Crippen LogP contribution in [-0.4, -0.2) is 5.78 Å². The van der Waals surface area contributed by atoms with Crippen LogP contribution >= 0.6 is 0 Å². The molecule has 0 unspecified atom stereocenters. The van der Waals surface area contributed by atoms with Gasteiger partial charge in [0.2, 0.25) is 0 Å². The Bertz CT molecular complexity index is 807. The quantitative estimate of drug-likeness (QED) is 0.616. The molecule has 132 valence electrons. The lowest BCUT2D eigenvalue weighted by molar-refractivity contribution is 0.103. The number of carbonyl (C=O) groups is 1. The third-order valence-electron chi connectivity index (χ3n) is 6.02. The molecule has 1 heteroatoms. The second-order valence-corrected chi connectivity index (χ2v) is 8.87. The van der Waals surface area contributed by atoms with Crippen molar-refractivity contribution >= 4 is 5.78 Å². The lowest BCUT2D eigenvalue weighted by Gasteiger charge is -2.42. The summed E-state index contributed by atoms with van der Waals surface area (Å²) in [5.74, 6) is 0.152. The third-order valence-corrected chi connectivity index (χ3v) is 6.02. The molecule has 0 bridgehead atoms. The number of rotatable bonds is 3. The molecule has 0 saturated heterocycles. The van der Waals surface area contributed by atoms with Gasteiger partial charge in [0, 0.05) is 11.1 Å². The fourth-order valence-corrected chi connectivity index (χ4v) is 4.02. The van der Waals surface area contributed by atoms with E-state index in [9.17, 15) is 4.79 Å². The standard InChI is InChI=1S/C24H30O/c1-7-17-14-20-21(24(5,6)13-12-23(20,3)4)15-19(17)22(25)18-10-8-16(2)9-11-18/h8-11,14-15H,7,12-13H2,1-6H3. The number of hydrogen-bond donors (Lipinski definition) is 0. The van der Waals surface area contributed by atoms with Gasteiger partial charge >= 0.3 is 0 Å². The normalized spacial score (nSPS) is 17.8. The number of hydrogen-bond acceptors (Lipinski definition) is 1. The SMILES string of the molecule is CCc1cc2c(cc1C(=O)c1ccc(C)cc1)C(C)(C)CCC2(C)C.